The van der Waals surface area contributed by atoms with Crippen molar-refractivity contribution in [3.63, 3.8) is 0 Å². The van der Waals surface area contributed by atoms with Crippen LogP contribution < -0.4 is 10.2 Å². The number of hydrogen-bond donors (Lipinski definition) is 1. The highest BCUT2D eigenvalue weighted by Gasteiger charge is 2.20. The topological polar surface area (TPSA) is 81.7 Å². The number of aromatic nitrogens is 2. The van der Waals surface area contributed by atoms with Crippen LogP contribution in [0.4, 0.5) is 10.8 Å². The van der Waals surface area contributed by atoms with E-state index in [2.05, 4.69) is 37.2 Å². The molecule has 204 valence electrons. The summed E-state index contributed by atoms with van der Waals surface area (Å²) in [6.45, 7) is 11.9. The Balaban J connectivity index is 0.00000138. The Hall–Kier alpha value is -2.66. The third-order valence-corrected chi connectivity index (χ3v) is 7.30. The third-order valence-electron chi connectivity index (χ3n) is 5.45. The number of nitrogens with one attached hydrogen (secondary N) is 1. The van der Waals surface area contributed by atoms with Gasteiger partial charge in [-0.2, -0.15) is 0 Å². The summed E-state index contributed by atoms with van der Waals surface area (Å²) in [5.41, 5.74) is 4.41. The normalized spacial score (nSPS) is 14.2. The summed E-state index contributed by atoms with van der Waals surface area (Å²) < 4.78 is 13.6. The van der Waals surface area contributed by atoms with Gasteiger partial charge in [-0.1, -0.05) is 52.0 Å². The fourth-order valence-electron chi connectivity index (χ4n) is 3.78. The Bertz CT molecular complexity index is 1130. The summed E-state index contributed by atoms with van der Waals surface area (Å²) in [6, 6.07) is 11.8. The summed E-state index contributed by atoms with van der Waals surface area (Å²) in [5.74, 6) is -0.282. The number of thiazole rings is 1. The molecule has 0 radical (unpaired) electrons. The maximum Gasteiger partial charge on any atom is 0.276 e. The van der Waals surface area contributed by atoms with Gasteiger partial charge in [-0.15, -0.1) is 11.3 Å². The Morgan fingerprint density at radius 2 is 1.76 bits per heavy atom. The van der Waals surface area contributed by atoms with Crippen LogP contribution in [0, 0.1) is 0 Å². The zero-order valence-electron chi connectivity index (χ0n) is 23.0. The van der Waals surface area contributed by atoms with E-state index in [1.807, 2.05) is 69.7 Å². The lowest BCUT2D eigenvalue weighted by atomic mass is 10.1. The first kappa shape index (κ1) is 30.6. The van der Waals surface area contributed by atoms with Gasteiger partial charge >= 0.3 is 0 Å². The number of piperazine rings is 1. The van der Waals surface area contributed by atoms with Crippen LogP contribution in [0.2, 0.25) is 0 Å². The van der Waals surface area contributed by atoms with Crippen LogP contribution >= 0.6 is 11.3 Å². The number of anilines is 2. The van der Waals surface area contributed by atoms with Gasteiger partial charge in [-0.05, 0) is 31.8 Å². The molecule has 1 unspecified atom stereocenters. The van der Waals surface area contributed by atoms with E-state index in [0.717, 1.165) is 49.7 Å². The van der Waals surface area contributed by atoms with E-state index >= 15 is 0 Å². The van der Waals surface area contributed by atoms with Gasteiger partial charge in [0.05, 0.1) is 28.6 Å². The van der Waals surface area contributed by atoms with Gasteiger partial charge in [0.25, 0.3) is 5.91 Å². The number of benzene rings is 1. The van der Waals surface area contributed by atoms with Crippen LogP contribution in [-0.2, 0) is 17.5 Å². The standard InChI is InChI=1S/C23H28N6O2S2.2C2H6.H2/c1-27(2)15-17-6-4-5-7-19(17)21-16-32-23(25-21)26-22(30)20-9-8-18(14-24-20)28-10-12-29(13-11-28)33(3)31;2*1-2;/h4-9,14,16H,10-13,15H2,1-3H3,(H,25,26,30);2*1-2H3;1H. The highest BCUT2D eigenvalue weighted by atomic mass is 32.2. The minimum atomic E-state index is -0.937. The van der Waals surface area contributed by atoms with Gasteiger partial charge in [0.1, 0.15) is 5.69 Å². The van der Waals surface area contributed by atoms with E-state index in [0.29, 0.717) is 10.8 Å². The number of nitrogens with zero attached hydrogens (tertiary/aromatic N) is 5. The first-order chi connectivity index (χ1) is 17.9. The van der Waals surface area contributed by atoms with E-state index in [1.165, 1.54) is 16.9 Å². The zero-order chi connectivity index (χ0) is 27.4. The molecule has 8 nitrogen and oxygen atoms in total. The van der Waals surface area contributed by atoms with Crippen LogP contribution in [0.15, 0.2) is 48.0 Å². The average Bonchev–Trinajstić information content (AvgIpc) is 3.39. The van der Waals surface area contributed by atoms with Crippen molar-refractivity contribution in [1.82, 2.24) is 19.2 Å². The second kappa shape index (κ2) is 15.6. The lowest BCUT2D eigenvalue weighted by Crippen LogP contribution is -2.46. The van der Waals surface area contributed by atoms with E-state index in [1.54, 1.807) is 18.5 Å². The zero-order valence-corrected chi connectivity index (χ0v) is 24.7. The summed E-state index contributed by atoms with van der Waals surface area (Å²) in [5, 5.41) is 5.37. The van der Waals surface area contributed by atoms with Gasteiger partial charge < -0.3 is 9.80 Å². The number of rotatable bonds is 7. The number of pyridine rings is 1. The fourth-order valence-corrected chi connectivity index (χ4v) is 5.16. The lowest BCUT2D eigenvalue weighted by molar-refractivity contribution is 0.102. The molecule has 0 aliphatic carbocycles. The van der Waals surface area contributed by atoms with E-state index in [4.69, 9.17) is 0 Å². The molecule has 3 heterocycles. The van der Waals surface area contributed by atoms with Crippen LogP contribution in [0.3, 0.4) is 0 Å². The molecule has 10 heteroatoms. The van der Waals surface area contributed by atoms with Crippen molar-refractivity contribution in [2.45, 2.75) is 34.2 Å². The molecule has 1 aliphatic rings. The Morgan fingerprint density at radius 1 is 1.08 bits per heavy atom. The second-order valence-corrected chi connectivity index (χ2v) is 10.4. The highest BCUT2D eigenvalue weighted by Crippen LogP contribution is 2.28. The Labute approximate surface area is 229 Å². The first-order valence-corrected chi connectivity index (χ1v) is 15.1. The summed E-state index contributed by atoms with van der Waals surface area (Å²) in [4.78, 5) is 26.0. The molecule has 0 spiro atoms. The fraction of sp³-hybridized carbons (Fsp3) is 0.444. The first-order valence-electron chi connectivity index (χ1n) is 12.7. The van der Waals surface area contributed by atoms with Crippen molar-refractivity contribution in [3.8, 4) is 11.3 Å². The highest BCUT2D eigenvalue weighted by molar-refractivity contribution is 7.81. The predicted octanol–water partition coefficient (Wildman–Crippen LogP) is 5.23. The minimum Gasteiger partial charge on any atom is -0.368 e. The van der Waals surface area contributed by atoms with Crippen molar-refractivity contribution in [3.05, 3.63) is 59.2 Å². The minimum absolute atomic E-state index is 0. The van der Waals surface area contributed by atoms with Crippen molar-refractivity contribution in [1.29, 1.82) is 0 Å². The molecule has 1 fully saturated rings. The van der Waals surface area contributed by atoms with E-state index < -0.39 is 11.0 Å². The molecule has 3 aromatic rings. The van der Waals surface area contributed by atoms with Gasteiger partial charge in [-0.25, -0.2) is 18.5 Å². The van der Waals surface area contributed by atoms with Gasteiger partial charge in [0, 0.05) is 51.3 Å². The summed E-state index contributed by atoms with van der Waals surface area (Å²) >= 11 is 1.40. The number of amides is 1. The SMILES string of the molecule is CC.CC.CN(C)Cc1ccccc1-c1csc(NC(=O)c2ccc(N3CCN(S(C)=O)CC3)cn2)n1.[HH]. The maximum atomic E-state index is 12.7. The monoisotopic (exact) mass is 546 g/mol. The molecule has 2 aromatic heterocycles. The molecule has 4 rings (SSSR count). The van der Waals surface area contributed by atoms with Crippen molar-refractivity contribution >= 4 is 39.0 Å². The molecule has 0 bridgehead atoms. The van der Waals surface area contributed by atoms with Gasteiger partial charge in [0.15, 0.2) is 5.13 Å². The maximum absolute atomic E-state index is 12.7. The largest absolute Gasteiger partial charge is 0.368 e. The van der Waals surface area contributed by atoms with Crippen molar-refractivity contribution < 1.29 is 10.4 Å². The summed E-state index contributed by atoms with van der Waals surface area (Å²) in [6.07, 6.45) is 3.43. The molecule has 1 atom stereocenters. The smallest absolute Gasteiger partial charge is 0.276 e. The molecule has 0 saturated carbocycles. The predicted molar refractivity (Wildman–Crippen MR) is 160 cm³/mol. The van der Waals surface area contributed by atoms with Crippen LogP contribution in [0.25, 0.3) is 11.3 Å². The molecule has 1 N–H and O–H groups in total. The molecule has 1 aromatic carbocycles. The second-order valence-electron chi connectivity index (χ2n) is 8.13. The number of carbonyl (C=O) groups excluding carboxylic acids is 1. The van der Waals surface area contributed by atoms with E-state index in [9.17, 15) is 9.00 Å². The van der Waals surface area contributed by atoms with Crippen molar-refractivity contribution in [2.75, 3.05) is 56.7 Å². The molecule has 1 aliphatic heterocycles. The number of carbonyl (C=O) groups is 1. The third kappa shape index (κ3) is 8.70. The molecular formula is C27H42N6O2S2. The molecule has 37 heavy (non-hydrogen) atoms. The Morgan fingerprint density at radius 3 is 2.35 bits per heavy atom. The van der Waals surface area contributed by atoms with Crippen LogP contribution in [-0.4, -0.2) is 75.8 Å². The van der Waals surface area contributed by atoms with Crippen LogP contribution in [0.5, 0.6) is 0 Å². The summed E-state index contributed by atoms with van der Waals surface area (Å²) in [7, 11) is 3.14. The lowest BCUT2D eigenvalue weighted by Gasteiger charge is -2.34. The van der Waals surface area contributed by atoms with E-state index in [-0.39, 0.29) is 7.33 Å². The van der Waals surface area contributed by atoms with Gasteiger partial charge in [0.2, 0.25) is 0 Å². The average molecular weight is 547 g/mol. The van der Waals surface area contributed by atoms with Crippen LogP contribution in [0.1, 0.15) is 45.2 Å². The Kier molecular flexibility index (Phi) is 12.9. The molecule has 1 amide bonds. The molecule has 1 saturated heterocycles. The quantitative estimate of drug-likeness (QED) is 0.437. The molecular weight excluding hydrogens is 504 g/mol. The number of hydrogen-bond acceptors (Lipinski definition) is 7. The van der Waals surface area contributed by atoms with Gasteiger partial charge in [-0.3, -0.25) is 10.1 Å². The van der Waals surface area contributed by atoms with Crippen molar-refractivity contribution in [2.24, 2.45) is 0 Å².